The molecule has 5 unspecified atom stereocenters. The molecular formula is C16H25NO9. The van der Waals surface area contributed by atoms with E-state index in [2.05, 4.69) is 0 Å². The molecule has 1 aliphatic carbocycles. The van der Waals surface area contributed by atoms with Gasteiger partial charge in [0.2, 0.25) is 0 Å². The fourth-order valence-corrected chi connectivity index (χ4v) is 3.30. The van der Waals surface area contributed by atoms with Gasteiger partial charge in [0.05, 0.1) is 24.9 Å². The molecule has 5 N–H and O–H groups in total. The number of allylic oxidation sites excluding steroid dienone is 1. The van der Waals surface area contributed by atoms with Crippen molar-refractivity contribution in [2.24, 2.45) is 0 Å². The van der Waals surface area contributed by atoms with Crippen molar-refractivity contribution < 1.29 is 44.5 Å². The lowest BCUT2D eigenvalue weighted by Crippen LogP contribution is -2.60. The van der Waals surface area contributed by atoms with Gasteiger partial charge < -0.3 is 44.5 Å². The third-order valence-electron chi connectivity index (χ3n) is 4.79. The Morgan fingerprint density at radius 3 is 2.38 bits per heavy atom. The van der Waals surface area contributed by atoms with E-state index in [1.54, 1.807) is 0 Å². The molecule has 0 spiro atoms. The van der Waals surface area contributed by atoms with Crippen molar-refractivity contribution in [3.8, 4) is 6.07 Å². The average molecular weight is 375 g/mol. The molecule has 1 saturated carbocycles. The summed E-state index contributed by atoms with van der Waals surface area (Å²) < 4.78 is 21.6. The zero-order valence-corrected chi connectivity index (χ0v) is 14.5. The minimum atomic E-state index is -1.59. The highest BCUT2D eigenvalue weighted by Crippen LogP contribution is 2.33. The first-order chi connectivity index (χ1) is 12.4. The van der Waals surface area contributed by atoms with Gasteiger partial charge in [-0.25, -0.2) is 0 Å². The summed E-state index contributed by atoms with van der Waals surface area (Å²) >= 11 is 0. The zero-order valence-electron chi connectivity index (χ0n) is 14.5. The maximum absolute atomic E-state index is 10.5. The second-order valence-electron chi connectivity index (χ2n) is 6.25. The zero-order chi connectivity index (χ0) is 19.4. The van der Waals surface area contributed by atoms with Crippen molar-refractivity contribution in [3.63, 3.8) is 0 Å². The van der Waals surface area contributed by atoms with Crippen LogP contribution < -0.4 is 0 Å². The first kappa shape index (κ1) is 21.2. The Morgan fingerprint density at radius 2 is 1.85 bits per heavy atom. The Bertz CT molecular complexity index is 534. The topological polar surface area (TPSA) is 162 Å². The largest absolute Gasteiger partial charge is 0.394 e. The van der Waals surface area contributed by atoms with Crippen LogP contribution in [0.2, 0.25) is 0 Å². The molecule has 0 aromatic carbocycles. The fourth-order valence-electron chi connectivity index (χ4n) is 3.30. The van der Waals surface area contributed by atoms with Crippen molar-refractivity contribution in [3.05, 3.63) is 11.6 Å². The molecule has 0 aromatic rings. The molecule has 1 saturated heterocycles. The summed E-state index contributed by atoms with van der Waals surface area (Å²) in [7, 11) is 2.84. The van der Waals surface area contributed by atoms with Gasteiger partial charge in [0.1, 0.15) is 36.6 Å². The van der Waals surface area contributed by atoms with E-state index in [4.69, 9.17) is 24.2 Å². The maximum Gasteiger partial charge on any atom is 0.187 e. The van der Waals surface area contributed by atoms with Crippen molar-refractivity contribution >= 4 is 0 Å². The van der Waals surface area contributed by atoms with Crippen LogP contribution in [-0.2, 0) is 18.9 Å². The number of nitriles is 1. The molecule has 0 aromatic heterocycles. The van der Waals surface area contributed by atoms with E-state index in [9.17, 15) is 25.5 Å². The standard InChI is InChI=1S/C16H25NO9/c1-23-9-5-8(7(3-4-17)11(19)15(9)24-2)25-16-14(22)13(21)12(20)10(6-18)26-16/h3,8-16,18-22H,5-6H2,1-2H3/t8?,9?,10-,11?,12-,13+,14-,15?,16?/m1/s1. The van der Waals surface area contributed by atoms with Gasteiger partial charge in [-0.05, 0) is 0 Å². The van der Waals surface area contributed by atoms with Crippen LogP contribution in [-0.4, -0.2) is 101 Å². The molecule has 2 rings (SSSR count). The van der Waals surface area contributed by atoms with Crippen LogP contribution in [0.15, 0.2) is 11.6 Å². The number of hydrogen-bond donors (Lipinski definition) is 5. The molecule has 9 atom stereocenters. The number of aliphatic hydroxyl groups is 5. The normalized spacial score (nSPS) is 45.5. The monoisotopic (exact) mass is 375 g/mol. The van der Waals surface area contributed by atoms with Gasteiger partial charge in [-0.2, -0.15) is 5.26 Å². The van der Waals surface area contributed by atoms with Crippen LogP contribution in [0.1, 0.15) is 6.42 Å². The van der Waals surface area contributed by atoms with E-state index < -0.39 is 61.7 Å². The lowest BCUT2D eigenvalue weighted by Gasteiger charge is -2.44. The van der Waals surface area contributed by atoms with Gasteiger partial charge >= 0.3 is 0 Å². The van der Waals surface area contributed by atoms with Crippen molar-refractivity contribution in [2.75, 3.05) is 20.8 Å². The van der Waals surface area contributed by atoms with Crippen LogP contribution in [0, 0.1) is 11.3 Å². The van der Waals surface area contributed by atoms with Crippen LogP contribution in [0.25, 0.3) is 0 Å². The van der Waals surface area contributed by atoms with Gasteiger partial charge in [0.15, 0.2) is 6.29 Å². The highest BCUT2D eigenvalue weighted by Gasteiger charge is 2.48. The number of nitrogens with zero attached hydrogens (tertiary/aromatic N) is 1. The maximum atomic E-state index is 10.5. The molecule has 10 nitrogen and oxygen atoms in total. The smallest absolute Gasteiger partial charge is 0.187 e. The van der Waals surface area contributed by atoms with E-state index in [1.807, 2.05) is 6.07 Å². The minimum absolute atomic E-state index is 0.189. The quantitative estimate of drug-likeness (QED) is 0.323. The molecule has 148 valence electrons. The van der Waals surface area contributed by atoms with E-state index in [1.165, 1.54) is 14.2 Å². The van der Waals surface area contributed by atoms with Gasteiger partial charge in [-0.15, -0.1) is 0 Å². The van der Waals surface area contributed by atoms with Crippen molar-refractivity contribution in [1.82, 2.24) is 0 Å². The molecule has 10 heteroatoms. The summed E-state index contributed by atoms with van der Waals surface area (Å²) in [5, 5.41) is 58.5. The Labute approximate surface area is 150 Å². The van der Waals surface area contributed by atoms with E-state index in [-0.39, 0.29) is 12.0 Å². The van der Waals surface area contributed by atoms with Gasteiger partial charge in [0.25, 0.3) is 0 Å². The summed E-state index contributed by atoms with van der Waals surface area (Å²) in [4.78, 5) is 0. The summed E-state index contributed by atoms with van der Waals surface area (Å²) in [5.41, 5.74) is 0.213. The van der Waals surface area contributed by atoms with Gasteiger partial charge in [-0.3, -0.25) is 0 Å². The highest BCUT2D eigenvalue weighted by atomic mass is 16.7. The second-order valence-corrected chi connectivity index (χ2v) is 6.25. The summed E-state index contributed by atoms with van der Waals surface area (Å²) in [6.45, 7) is -0.592. The Hall–Kier alpha value is -1.13. The lowest BCUT2D eigenvalue weighted by molar-refractivity contribution is -0.312. The summed E-state index contributed by atoms with van der Waals surface area (Å²) in [5.74, 6) is 0. The Balaban J connectivity index is 2.22. The molecule has 2 aliphatic rings. The molecular weight excluding hydrogens is 350 g/mol. The van der Waals surface area contributed by atoms with E-state index in [0.29, 0.717) is 0 Å². The minimum Gasteiger partial charge on any atom is -0.394 e. The SMILES string of the molecule is COC1CC(OC2O[C@H](CO)[C@@H](O)[C@H](O)[C@H]2O)C(=CC#N)C(O)C1OC. The van der Waals surface area contributed by atoms with E-state index >= 15 is 0 Å². The predicted octanol–water partition coefficient (Wildman–Crippen LogP) is -2.58. The number of aliphatic hydroxyl groups excluding tert-OH is 5. The van der Waals surface area contributed by atoms with Crippen LogP contribution in [0.4, 0.5) is 0 Å². The number of hydrogen-bond acceptors (Lipinski definition) is 10. The molecule has 0 amide bonds. The lowest BCUT2D eigenvalue weighted by atomic mass is 9.84. The van der Waals surface area contributed by atoms with Crippen molar-refractivity contribution in [1.29, 1.82) is 5.26 Å². The predicted molar refractivity (Wildman–Crippen MR) is 84.6 cm³/mol. The van der Waals surface area contributed by atoms with Crippen LogP contribution in [0.5, 0.6) is 0 Å². The molecule has 0 radical (unpaired) electrons. The van der Waals surface area contributed by atoms with Gasteiger partial charge in [0, 0.05) is 32.3 Å². The van der Waals surface area contributed by atoms with Crippen LogP contribution in [0.3, 0.4) is 0 Å². The number of methoxy groups -OCH3 is 2. The molecule has 2 fully saturated rings. The molecule has 26 heavy (non-hydrogen) atoms. The van der Waals surface area contributed by atoms with Crippen molar-refractivity contribution in [2.45, 2.75) is 61.5 Å². The Morgan fingerprint density at radius 1 is 1.15 bits per heavy atom. The molecule has 1 aliphatic heterocycles. The highest BCUT2D eigenvalue weighted by molar-refractivity contribution is 5.26. The number of rotatable bonds is 5. The summed E-state index contributed by atoms with van der Waals surface area (Å²) in [6.07, 6.45) is -9.22. The number of ether oxygens (including phenoxy) is 4. The third kappa shape index (κ3) is 4.07. The molecule has 1 heterocycles. The first-order valence-corrected chi connectivity index (χ1v) is 8.18. The third-order valence-corrected chi connectivity index (χ3v) is 4.79. The van der Waals surface area contributed by atoms with E-state index in [0.717, 1.165) is 6.08 Å². The molecule has 0 bridgehead atoms. The first-order valence-electron chi connectivity index (χ1n) is 8.18. The Kier molecular flexibility index (Phi) is 7.48. The second kappa shape index (κ2) is 9.18. The van der Waals surface area contributed by atoms with Gasteiger partial charge in [-0.1, -0.05) is 0 Å². The summed E-state index contributed by atoms with van der Waals surface area (Å²) in [6, 6.07) is 1.83. The fraction of sp³-hybridized carbons (Fsp3) is 0.812. The van der Waals surface area contributed by atoms with Crippen LogP contribution >= 0.6 is 0 Å². The average Bonchev–Trinajstić information content (AvgIpc) is 2.64.